The van der Waals surface area contributed by atoms with Crippen LogP contribution in [0.25, 0.3) is 0 Å². The van der Waals surface area contributed by atoms with Crippen LogP contribution in [-0.2, 0) is 4.79 Å². The second-order valence-electron chi connectivity index (χ2n) is 0.519. The molecule has 0 rings (SSSR count). The molecule has 0 aromatic rings. The van der Waals surface area contributed by atoms with Crippen LogP contribution in [0, 0.1) is 0 Å². The molecule has 5 N–H and O–H groups in total. The zero-order chi connectivity index (χ0) is 3.58. The maximum atomic E-state index is 9.00. The van der Waals surface area contributed by atoms with Crippen LogP contribution in [0.1, 0.15) is 6.92 Å². The van der Waals surface area contributed by atoms with E-state index in [-0.39, 0.29) is 48.7 Å². The number of carboxylic acids is 1. The molecule has 0 aromatic carbocycles. The molecule has 4 nitrogen and oxygen atoms in total. The Morgan fingerprint density at radius 1 is 1.43 bits per heavy atom. The van der Waals surface area contributed by atoms with Crippen LogP contribution >= 0.6 is 0 Å². The number of carboxylic acid groups (broad SMARTS) is 1. The fraction of sp³-hybridized carbons (Fsp3) is 0.500. The van der Waals surface area contributed by atoms with E-state index in [1.807, 2.05) is 0 Å². The first-order valence-corrected chi connectivity index (χ1v) is 0.928. The van der Waals surface area contributed by atoms with Gasteiger partial charge in [-0.15, -0.1) is 0 Å². The minimum atomic E-state index is -0.833. The van der Waals surface area contributed by atoms with Gasteiger partial charge >= 0.3 is 37.7 Å². The summed E-state index contributed by atoms with van der Waals surface area (Å²) < 4.78 is 0. The number of rotatable bonds is 0. The third-order valence-corrected chi connectivity index (χ3v) is 0. The molecule has 0 aliphatic rings. The number of aliphatic carboxylic acids is 1. The van der Waals surface area contributed by atoms with Gasteiger partial charge in [0.25, 0.3) is 5.97 Å². The Morgan fingerprint density at radius 3 is 1.43 bits per heavy atom. The standard InChI is InChI=1S/C2H4O2.Ca.2H2O.2H/c1-2(3)4;;;;;/h1H3,(H,3,4);;2*1H2;;. The minimum absolute atomic E-state index is 0. The molecule has 0 aromatic heterocycles. The van der Waals surface area contributed by atoms with Crippen LogP contribution in [0.3, 0.4) is 0 Å². The van der Waals surface area contributed by atoms with E-state index in [0.29, 0.717) is 0 Å². The molecule has 44 valence electrons. The molecule has 0 spiro atoms. The molecule has 0 radical (unpaired) electrons. The van der Waals surface area contributed by atoms with Gasteiger partial charge in [0.15, 0.2) is 0 Å². The van der Waals surface area contributed by atoms with E-state index in [9.17, 15) is 0 Å². The summed E-state index contributed by atoms with van der Waals surface area (Å²) in [4.78, 5) is 9.00. The Morgan fingerprint density at radius 2 is 1.43 bits per heavy atom. The fourth-order valence-corrected chi connectivity index (χ4v) is 0. The van der Waals surface area contributed by atoms with E-state index in [2.05, 4.69) is 0 Å². The number of hydrogen-bond acceptors (Lipinski definition) is 1. The van der Waals surface area contributed by atoms with Crippen LogP contribution in [0.15, 0.2) is 0 Å². The van der Waals surface area contributed by atoms with Crippen LogP contribution in [-0.4, -0.2) is 59.8 Å². The molecule has 0 saturated heterocycles. The molecule has 0 fully saturated rings. The Hall–Kier alpha value is 0.650. The Kier molecular flexibility index (Phi) is 57.8. The van der Waals surface area contributed by atoms with E-state index in [1.165, 1.54) is 0 Å². The van der Waals surface area contributed by atoms with Gasteiger partial charge in [-0.25, -0.2) is 0 Å². The molecular weight excluding hydrogens is 128 g/mol. The van der Waals surface area contributed by atoms with Gasteiger partial charge in [-0.05, 0) is 0 Å². The molecular formula is C2H10CaO4. The quantitative estimate of drug-likeness (QED) is 0.375. The molecule has 0 saturated carbocycles. The first-order valence-electron chi connectivity index (χ1n) is 0.928. The molecule has 0 amide bonds. The molecule has 0 atom stereocenters. The van der Waals surface area contributed by atoms with Crippen LogP contribution < -0.4 is 0 Å². The Balaban J connectivity index is -0.0000000150. The monoisotopic (exact) mass is 138 g/mol. The van der Waals surface area contributed by atoms with Gasteiger partial charge in [0.2, 0.25) is 0 Å². The molecule has 0 aliphatic heterocycles. The summed E-state index contributed by atoms with van der Waals surface area (Å²) in [5, 5.41) is 7.42. The van der Waals surface area contributed by atoms with Crippen molar-refractivity contribution in [3.05, 3.63) is 0 Å². The van der Waals surface area contributed by atoms with Gasteiger partial charge in [-0.3, -0.25) is 4.79 Å². The summed E-state index contributed by atoms with van der Waals surface area (Å²) in [5.74, 6) is -0.833. The van der Waals surface area contributed by atoms with Crippen molar-refractivity contribution in [1.29, 1.82) is 0 Å². The molecule has 0 heterocycles. The van der Waals surface area contributed by atoms with E-state index in [0.717, 1.165) is 6.92 Å². The zero-order valence-corrected chi connectivity index (χ0v) is 3.36. The third kappa shape index (κ3) is 341. The molecule has 0 bridgehead atoms. The van der Waals surface area contributed by atoms with Crippen molar-refractivity contribution < 1.29 is 20.9 Å². The first-order chi connectivity index (χ1) is 1.73. The summed E-state index contributed by atoms with van der Waals surface area (Å²) in [6.45, 7) is 1.08. The SMILES string of the molecule is CC(=O)O.O.O.[CaH2]. The second-order valence-corrected chi connectivity index (χ2v) is 0.519. The van der Waals surface area contributed by atoms with Crippen LogP contribution in [0.4, 0.5) is 0 Å². The van der Waals surface area contributed by atoms with Crippen molar-refractivity contribution in [2.24, 2.45) is 0 Å². The van der Waals surface area contributed by atoms with Gasteiger partial charge in [0, 0.05) is 6.92 Å². The summed E-state index contributed by atoms with van der Waals surface area (Å²) in [6.07, 6.45) is 0. The Bertz CT molecular complexity index is 32.7. The number of carbonyl (C=O) groups is 1. The first kappa shape index (κ1) is 25.4. The average Bonchev–Trinajstić information content (AvgIpc) is 0.811. The number of hydrogen-bond donors (Lipinski definition) is 1. The van der Waals surface area contributed by atoms with Crippen molar-refractivity contribution in [1.82, 2.24) is 0 Å². The summed E-state index contributed by atoms with van der Waals surface area (Å²) >= 11 is 0. The molecule has 5 heteroatoms. The summed E-state index contributed by atoms with van der Waals surface area (Å²) in [7, 11) is 0. The van der Waals surface area contributed by atoms with E-state index >= 15 is 0 Å². The van der Waals surface area contributed by atoms with Crippen LogP contribution in [0.2, 0.25) is 0 Å². The third-order valence-electron chi connectivity index (χ3n) is 0. The summed E-state index contributed by atoms with van der Waals surface area (Å²) in [5.41, 5.74) is 0. The van der Waals surface area contributed by atoms with Crippen molar-refractivity contribution >= 4 is 43.7 Å². The van der Waals surface area contributed by atoms with E-state index < -0.39 is 5.97 Å². The van der Waals surface area contributed by atoms with Crippen molar-refractivity contribution in [3.63, 3.8) is 0 Å². The molecule has 0 aliphatic carbocycles. The molecule has 7 heavy (non-hydrogen) atoms. The van der Waals surface area contributed by atoms with Crippen molar-refractivity contribution in [2.45, 2.75) is 6.92 Å². The Labute approximate surface area is 71.1 Å². The normalized spacial score (nSPS) is 3.57. The predicted octanol–water partition coefficient (Wildman–Crippen LogP) is -2.47. The van der Waals surface area contributed by atoms with E-state index in [1.54, 1.807) is 0 Å². The van der Waals surface area contributed by atoms with Gasteiger partial charge in [0.1, 0.15) is 0 Å². The second kappa shape index (κ2) is 15.9. The van der Waals surface area contributed by atoms with Gasteiger partial charge in [-0.2, -0.15) is 0 Å². The van der Waals surface area contributed by atoms with Crippen molar-refractivity contribution in [2.75, 3.05) is 0 Å². The zero-order valence-electron chi connectivity index (χ0n) is 3.36. The van der Waals surface area contributed by atoms with Crippen LogP contribution in [0.5, 0.6) is 0 Å². The fourth-order valence-electron chi connectivity index (χ4n) is 0. The maximum absolute atomic E-state index is 9.00. The van der Waals surface area contributed by atoms with Gasteiger partial charge in [0.05, 0.1) is 0 Å². The average molecular weight is 138 g/mol. The topological polar surface area (TPSA) is 100 Å². The predicted molar refractivity (Wildman–Crippen MR) is 29.1 cm³/mol. The van der Waals surface area contributed by atoms with E-state index in [4.69, 9.17) is 9.90 Å². The van der Waals surface area contributed by atoms with Crippen molar-refractivity contribution in [3.8, 4) is 0 Å². The summed E-state index contributed by atoms with van der Waals surface area (Å²) in [6, 6.07) is 0. The van der Waals surface area contributed by atoms with Gasteiger partial charge in [-0.1, -0.05) is 0 Å². The van der Waals surface area contributed by atoms with Gasteiger partial charge < -0.3 is 16.1 Å². The molecule has 0 unspecified atom stereocenters.